The normalized spacial score (nSPS) is 27.6. The zero-order valence-electron chi connectivity index (χ0n) is 12.1. The van der Waals surface area contributed by atoms with E-state index in [2.05, 4.69) is 0 Å². The highest BCUT2D eigenvalue weighted by Gasteiger charge is 2.39. The van der Waals surface area contributed by atoms with Crippen LogP contribution in [-0.4, -0.2) is 42.8 Å². The predicted octanol–water partition coefficient (Wildman–Crippen LogP) is 1.64. The second kappa shape index (κ2) is 7.03. The monoisotopic (exact) mass is 272 g/mol. The third kappa shape index (κ3) is 4.60. The highest BCUT2D eigenvalue weighted by atomic mass is 16.8. The van der Waals surface area contributed by atoms with Crippen molar-refractivity contribution in [3.63, 3.8) is 0 Å². The molecule has 1 rings (SSSR count). The van der Waals surface area contributed by atoms with Crippen molar-refractivity contribution in [1.29, 1.82) is 0 Å². The van der Waals surface area contributed by atoms with Gasteiger partial charge in [0.15, 0.2) is 5.79 Å². The molecule has 3 atom stereocenters. The van der Waals surface area contributed by atoms with Gasteiger partial charge < -0.3 is 19.3 Å². The van der Waals surface area contributed by atoms with Crippen LogP contribution in [0.5, 0.6) is 0 Å². The third-order valence-corrected chi connectivity index (χ3v) is 3.18. The standard InChI is InChI=1S/C14H24O5/c1-5-10(13(16)17-4)7-6-8-11-12(9-15)19-14(2,3)18-11/h6,8,10-12,15H,5,7,9H2,1-4H3/b8-6+/t10-,11-,12+/m0/s1. The fraction of sp³-hybridized carbons (Fsp3) is 0.786. The number of esters is 1. The molecule has 0 aromatic heterocycles. The van der Waals surface area contributed by atoms with Crippen molar-refractivity contribution in [1.82, 2.24) is 0 Å². The number of rotatable bonds is 6. The third-order valence-electron chi connectivity index (χ3n) is 3.18. The highest BCUT2D eigenvalue weighted by Crippen LogP contribution is 2.28. The molecule has 0 aromatic carbocycles. The minimum absolute atomic E-state index is 0.0906. The Morgan fingerprint density at radius 1 is 1.47 bits per heavy atom. The highest BCUT2D eigenvalue weighted by molar-refractivity contribution is 5.72. The number of carbonyl (C=O) groups is 1. The van der Waals surface area contributed by atoms with Crippen LogP contribution in [0, 0.1) is 5.92 Å². The van der Waals surface area contributed by atoms with Gasteiger partial charge in [0.25, 0.3) is 0 Å². The number of carbonyl (C=O) groups excluding carboxylic acids is 1. The smallest absolute Gasteiger partial charge is 0.308 e. The Balaban J connectivity index is 2.54. The maximum atomic E-state index is 11.4. The lowest BCUT2D eigenvalue weighted by Gasteiger charge is -2.16. The van der Waals surface area contributed by atoms with Gasteiger partial charge in [-0.3, -0.25) is 4.79 Å². The summed E-state index contributed by atoms with van der Waals surface area (Å²) in [6, 6.07) is 0. The number of hydrogen-bond acceptors (Lipinski definition) is 5. The van der Waals surface area contributed by atoms with E-state index in [1.807, 2.05) is 32.9 Å². The van der Waals surface area contributed by atoms with Crippen molar-refractivity contribution in [2.45, 2.75) is 51.6 Å². The van der Waals surface area contributed by atoms with Gasteiger partial charge in [-0.1, -0.05) is 19.1 Å². The summed E-state index contributed by atoms with van der Waals surface area (Å²) in [6.07, 6.45) is 4.43. The first-order valence-electron chi connectivity index (χ1n) is 6.64. The molecule has 0 aromatic rings. The van der Waals surface area contributed by atoms with Crippen molar-refractivity contribution >= 4 is 5.97 Å². The molecule has 0 unspecified atom stereocenters. The minimum atomic E-state index is -0.686. The van der Waals surface area contributed by atoms with E-state index in [4.69, 9.17) is 14.2 Å². The number of allylic oxidation sites excluding steroid dienone is 1. The molecule has 1 heterocycles. The zero-order chi connectivity index (χ0) is 14.5. The van der Waals surface area contributed by atoms with Crippen LogP contribution in [0.1, 0.15) is 33.6 Å². The maximum absolute atomic E-state index is 11.4. The van der Waals surface area contributed by atoms with Crippen LogP contribution in [0.25, 0.3) is 0 Å². The summed E-state index contributed by atoms with van der Waals surface area (Å²) in [5, 5.41) is 9.24. The molecular weight excluding hydrogens is 248 g/mol. The van der Waals surface area contributed by atoms with Crippen molar-refractivity contribution in [2.75, 3.05) is 13.7 Å². The van der Waals surface area contributed by atoms with E-state index in [0.29, 0.717) is 6.42 Å². The van der Waals surface area contributed by atoms with Gasteiger partial charge in [-0.25, -0.2) is 0 Å². The van der Waals surface area contributed by atoms with Crippen molar-refractivity contribution in [2.24, 2.45) is 5.92 Å². The molecule has 110 valence electrons. The Kier molecular flexibility index (Phi) is 5.97. The summed E-state index contributed by atoms with van der Waals surface area (Å²) in [4.78, 5) is 11.4. The number of aliphatic hydroxyl groups is 1. The van der Waals surface area contributed by atoms with Crippen LogP contribution in [-0.2, 0) is 19.0 Å². The second-order valence-electron chi connectivity index (χ2n) is 5.11. The van der Waals surface area contributed by atoms with E-state index in [0.717, 1.165) is 6.42 Å². The zero-order valence-corrected chi connectivity index (χ0v) is 12.1. The fourth-order valence-electron chi connectivity index (χ4n) is 2.14. The van der Waals surface area contributed by atoms with Crippen molar-refractivity contribution in [3.05, 3.63) is 12.2 Å². The van der Waals surface area contributed by atoms with E-state index < -0.39 is 5.79 Å². The lowest BCUT2D eigenvalue weighted by molar-refractivity contribution is -0.146. The van der Waals surface area contributed by atoms with Crippen LogP contribution in [0.15, 0.2) is 12.2 Å². The Hall–Kier alpha value is -0.910. The summed E-state index contributed by atoms with van der Waals surface area (Å²) < 4.78 is 15.9. The molecule has 1 saturated heterocycles. The van der Waals surface area contributed by atoms with E-state index in [1.54, 1.807) is 0 Å². The van der Waals surface area contributed by atoms with Gasteiger partial charge in [-0.15, -0.1) is 0 Å². The van der Waals surface area contributed by atoms with Crippen LogP contribution in [0.3, 0.4) is 0 Å². The number of aliphatic hydroxyl groups excluding tert-OH is 1. The van der Waals surface area contributed by atoms with E-state index >= 15 is 0 Å². The topological polar surface area (TPSA) is 65.0 Å². The molecular formula is C14H24O5. The Morgan fingerprint density at radius 3 is 2.68 bits per heavy atom. The SMILES string of the molecule is CC[C@@H](C/C=C/[C@@H]1OC(C)(C)O[C@@H]1CO)C(=O)OC. The summed E-state index contributed by atoms with van der Waals surface area (Å²) in [7, 11) is 1.40. The summed E-state index contributed by atoms with van der Waals surface area (Å²) in [5.74, 6) is -1.02. The molecule has 0 bridgehead atoms. The lowest BCUT2D eigenvalue weighted by Crippen LogP contribution is -2.24. The van der Waals surface area contributed by atoms with Gasteiger partial charge in [0.05, 0.1) is 19.6 Å². The van der Waals surface area contributed by atoms with Gasteiger partial charge in [0.1, 0.15) is 12.2 Å². The molecule has 0 radical (unpaired) electrons. The van der Waals surface area contributed by atoms with Crippen LogP contribution in [0.4, 0.5) is 0 Å². The molecule has 0 amide bonds. The molecule has 1 fully saturated rings. The summed E-state index contributed by atoms with van der Waals surface area (Å²) >= 11 is 0. The van der Waals surface area contributed by atoms with Crippen molar-refractivity contribution in [3.8, 4) is 0 Å². The molecule has 0 saturated carbocycles. The van der Waals surface area contributed by atoms with E-state index in [1.165, 1.54) is 7.11 Å². The van der Waals surface area contributed by atoms with Gasteiger partial charge >= 0.3 is 5.97 Å². The number of ether oxygens (including phenoxy) is 3. The average Bonchev–Trinajstić information content (AvgIpc) is 2.68. The van der Waals surface area contributed by atoms with Crippen LogP contribution < -0.4 is 0 Å². The van der Waals surface area contributed by atoms with E-state index in [9.17, 15) is 9.90 Å². The van der Waals surface area contributed by atoms with Crippen LogP contribution in [0.2, 0.25) is 0 Å². The Labute approximate surface area is 114 Å². The Morgan fingerprint density at radius 2 is 2.16 bits per heavy atom. The first kappa shape index (κ1) is 16.1. The van der Waals surface area contributed by atoms with Gasteiger partial charge in [-0.2, -0.15) is 0 Å². The molecule has 0 spiro atoms. The Bertz CT molecular complexity index is 324. The second-order valence-corrected chi connectivity index (χ2v) is 5.11. The molecule has 1 aliphatic rings. The van der Waals surface area contributed by atoms with Crippen LogP contribution >= 0.6 is 0 Å². The minimum Gasteiger partial charge on any atom is -0.469 e. The average molecular weight is 272 g/mol. The summed E-state index contributed by atoms with van der Waals surface area (Å²) in [6.45, 7) is 5.48. The predicted molar refractivity (Wildman–Crippen MR) is 70.5 cm³/mol. The molecule has 1 aliphatic heterocycles. The summed E-state index contributed by atoms with van der Waals surface area (Å²) in [5.41, 5.74) is 0. The molecule has 5 nitrogen and oxygen atoms in total. The molecule has 19 heavy (non-hydrogen) atoms. The molecule has 5 heteroatoms. The first-order chi connectivity index (χ1) is 8.93. The largest absolute Gasteiger partial charge is 0.469 e. The fourth-order valence-corrected chi connectivity index (χ4v) is 2.14. The van der Waals surface area contributed by atoms with Gasteiger partial charge in [-0.05, 0) is 26.7 Å². The number of methoxy groups -OCH3 is 1. The maximum Gasteiger partial charge on any atom is 0.308 e. The first-order valence-corrected chi connectivity index (χ1v) is 6.64. The van der Waals surface area contributed by atoms with Gasteiger partial charge in [0, 0.05) is 0 Å². The molecule has 0 aliphatic carbocycles. The van der Waals surface area contributed by atoms with Crippen molar-refractivity contribution < 1.29 is 24.1 Å². The number of hydrogen-bond donors (Lipinski definition) is 1. The molecule has 1 N–H and O–H groups in total. The quantitative estimate of drug-likeness (QED) is 0.588. The van der Waals surface area contributed by atoms with Gasteiger partial charge in [0.2, 0.25) is 0 Å². The lowest BCUT2D eigenvalue weighted by atomic mass is 10.0. The van der Waals surface area contributed by atoms with E-state index in [-0.39, 0.29) is 30.7 Å².